The minimum Gasteiger partial charge on any atom is -0.494 e. The molecule has 29 heavy (non-hydrogen) atoms. The van der Waals surface area contributed by atoms with Gasteiger partial charge in [0.05, 0.1) is 12.0 Å². The lowest BCUT2D eigenvalue weighted by Crippen LogP contribution is -2.49. The van der Waals surface area contributed by atoms with E-state index < -0.39 is 10.7 Å². The molecule has 1 fully saturated rings. The van der Waals surface area contributed by atoms with Gasteiger partial charge in [-0.25, -0.2) is 4.39 Å². The van der Waals surface area contributed by atoms with Crippen LogP contribution in [0.2, 0.25) is 5.02 Å². The standard InChI is InChI=1S/C20H21ClFN3O4/c1-29-19-6-2-14(12-16(19)22)3-7-20(26)24-10-8-23(9-11-24)17-5-4-15(21)13-18(17)25(27)28/h2,4-6,12-13H,3,7-11H2,1H3. The van der Waals surface area contributed by atoms with Crippen LogP contribution in [0.4, 0.5) is 15.8 Å². The Hall–Kier alpha value is -2.87. The van der Waals surface area contributed by atoms with Gasteiger partial charge in [0, 0.05) is 43.7 Å². The maximum absolute atomic E-state index is 13.8. The number of ether oxygens (including phenoxy) is 1. The SMILES string of the molecule is COc1ccc(CCC(=O)N2CCN(c3ccc(Cl)cc3[N+](=O)[O-])CC2)cc1F. The summed E-state index contributed by atoms with van der Waals surface area (Å²) in [5, 5.41) is 11.6. The van der Waals surface area contributed by atoms with Crippen LogP contribution in [0, 0.1) is 15.9 Å². The molecule has 154 valence electrons. The third-order valence-electron chi connectivity index (χ3n) is 4.95. The zero-order valence-corrected chi connectivity index (χ0v) is 16.7. The van der Waals surface area contributed by atoms with Gasteiger partial charge in [-0.2, -0.15) is 0 Å². The van der Waals surface area contributed by atoms with Crippen LogP contribution < -0.4 is 9.64 Å². The van der Waals surface area contributed by atoms with Crippen LogP contribution in [-0.4, -0.2) is 49.0 Å². The Balaban J connectivity index is 1.56. The minimum absolute atomic E-state index is 0.0218. The molecule has 0 N–H and O–H groups in total. The summed E-state index contributed by atoms with van der Waals surface area (Å²) in [6.07, 6.45) is 0.704. The highest BCUT2D eigenvalue weighted by atomic mass is 35.5. The second-order valence-corrected chi connectivity index (χ2v) is 7.16. The Kier molecular flexibility index (Phi) is 6.53. The van der Waals surface area contributed by atoms with Gasteiger partial charge >= 0.3 is 0 Å². The number of hydrogen-bond donors (Lipinski definition) is 0. The maximum Gasteiger partial charge on any atom is 0.294 e. The summed E-state index contributed by atoms with van der Waals surface area (Å²) in [6.45, 7) is 1.92. The molecule has 0 unspecified atom stereocenters. The predicted octanol–water partition coefficient (Wildman–Crippen LogP) is 3.68. The van der Waals surface area contributed by atoms with E-state index in [-0.39, 0.29) is 23.8 Å². The third-order valence-corrected chi connectivity index (χ3v) is 5.19. The number of piperazine rings is 1. The lowest BCUT2D eigenvalue weighted by Gasteiger charge is -2.36. The molecule has 0 spiro atoms. The van der Waals surface area contributed by atoms with E-state index in [0.717, 1.165) is 5.56 Å². The Morgan fingerprint density at radius 1 is 1.21 bits per heavy atom. The molecule has 1 aliphatic rings. The average Bonchev–Trinajstić information content (AvgIpc) is 2.72. The minimum atomic E-state index is -0.452. The molecule has 1 heterocycles. The number of nitro groups is 1. The average molecular weight is 422 g/mol. The number of anilines is 1. The smallest absolute Gasteiger partial charge is 0.294 e. The van der Waals surface area contributed by atoms with Crippen molar-refractivity contribution in [2.75, 3.05) is 38.2 Å². The Labute approximate surface area is 172 Å². The quantitative estimate of drug-likeness (QED) is 0.525. The van der Waals surface area contributed by atoms with Gasteiger partial charge in [-0.1, -0.05) is 17.7 Å². The first-order chi connectivity index (χ1) is 13.9. The van der Waals surface area contributed by atoms with Gasteiger partial charge in [0.15, 0.2) is 11.6 Å². The molecule has 1 amide bonds. The van der Waals surface area contributed by atoms with E-state index in [0.29, 0.717) is 43.3 Å². The molecule has 0 bridgehead atoms. The monoisotopic (exact) mass is 421 g/mol. The van der Waals surface area contributed by atoms with Crippen LogP contribution in [0.15, 0.2) is 36.4 Å². The Bertz CT molecular complexity index is 917. The van der Waals surface area contributed by atoms with Crippen molar-refractivity contribution in [3.05, 3.63) is 62.9 Å². The number of aryl methyl sites for hydroxylation is 1. The molecule has 2 aromatic carbocycles. The van der Waals surface area contributed by atoms with Crippen molar-refractivity contribution in [3.8, 4) is 5.75 Å². The molecule has 1 aliphatic heterocycles. The van der Waals surface area contributed by atoms with Crippen LogP contribution in [0.3, 0.4) is 0 Å². The second kappa shape index (κ2) is 9.09. The van der Waals surface area contributed by atoms with Crippen LogP contribution in [0.25, 0.3) is 0 Å². The van der Waals surface area contributed by atoms with E-state index in [1.807, 2.05) is 4.90 Å². The van der Waals surface area contributed by atoms with Crippen LogP contribution in [-0.2, 0) is 11.2 Å². The lowest BCUT2D eigenvalue weighted by atomic mass is 10.1. The van der Waals surface area contributed by atoms with Gasteiger partial charge in [0.2, 0.25) is 5.91 Å². The zero-order valence-electron chi connectivity index (χ0n) is 15.9. The second-order valence-electron chi connectivity index (χ2n) is 6.73. The fourth-order valence-corrected chi connectivity index (χ4v) is 3.55. The molecule has 0 aromatic heterocycles. The molecule has 3 rings (SSSR count). The van der Waals surface area contributed by atoms with Gasteiger partial charge in [-0.05, 0) is 36.2 Å². The highest BCUT2D eigenvalue weighted by Crippen LogP contribution is 2.31. The molecule has 9 heteroatoms. The van der Waals surface area contributed by atoms with Crippen molar-refractivity contribution < 1.29 is 18.8 Å². The first kappa shape index (κ1) is 20.9. The number of benzene rings is 2. The number of rotatable bonds is 6. The van der Waals surface area contributed by atoms with E-state index >= 15 is 0 Å². The maximum atomic E-state index is 13.8. The first-order valence-corrected chi connectivity index (χ1v) is 9.56. The van der Waals surface area contributed by atoms with Gasteiger partial charge in [0.25, 0.3) is 5.69 Å². The normalized spacial score (nSPS) is 14.0. The summed E-state index contributed by atoms with van der Waals surface area (Å²) < 4.78 is 18.7. The topological polar surface area (TPSA) is 75.9 Å². The molecule has 0 radical (unpaired) electrons. The summed E-state index contributed by atoms with van der Waals surface area (Å²) in [7, 11) is 1.40. The van der Waals surface area contributed by atoms with Gasteiger partial charge in [0.1, 0.15) is 5.69 Å². The zero-order chi connectivity index (χ0) is 21.0. The highest BCUT2D eigenvalue weighted by Gasteiger charge is 2.25. The predicted molar refractivity (Wildman–Crippen MR) is 108 cm³/mol. The highest BCUT2D eigenvalue weighted by molar-refractivity contribution is 6.30. The third kappa shape index (κ3) is 4.95. The Morgan fingerprint density at radius 3 is 2.55 bits per heavy atom. The number of amides is 1. The Morgan fingerprint density at radius 2 is 1.93 bits per heavy atom. The molecule has 7 nitrogen and oxygen atoms in total. The fraction of sp³-hybridized carbons (Fsp3) is 0.350. The van der Waals surface area contributed by atoms with Crippen molar-refractivity contribution in [2.45, 2.75) is 12.8 Å². The number of hydrogen-bond acceptors (Lipinski definition) is 5. The summed E-state index contributed by atoms with van der Waals surface area (Å²) >= 11 is 5.87. The van der Waals surface area contributed by atoms with Crippen molar-refractivity contribution in [1.82, 2.24) is 4.90 Å². The number of carbonyl (C=O) groups excluding carboxylic acids is 1. The lowest BCUT2D eigenvalue weighted by molar-refractivity contribution is -0.384. The molecule has 1 saturated heterocycles. The van der Waals surface area contributed by atoms with Crippen LogP contribution in [0.1, 0.15) is 12.0 Å². The summed E-state index contributed by atoms with van der Waals surface area (Å²) in [5.41, 5.74) is 1.19. The summed E-state index contributed by atoms with van der Waals surface area (Å²) in [4.78, 5) is 27.0. The molecular formula is C20H21ClFN3O4. The van der Waals surface area contributed by atoms with E-state index in [1.165, 1.54) is 19.2 Å². The molecule has 2 aromatic rings. The van der Waals surface area contributed by atoms with Crippen molar-refractivity contribution in [1.29, 1.82) is 0 Å². The van der Waals surface area contributed by atoms with Gasteiger partial charge in [-0.15, -0.1) is 0 Å². The largest absolute Gasteiger partial charge is 0.494 e. The summed E-state index contributed by atoms with van der Waals surface area (Å²) in [5.74, 6) is -0.297. The van der Waals surface area contributed by atoms with Gasteiger partial charge < -0.3 is 14.5 Å². The van der Waals surface area contributed by atoms with E-state index in [2.05, 4.69) is 0 Å². The molecule has 0 atom stereocenters. The van der Waals surface area contributed by atoms with E-state index in [4.69, 9.17) is 16.3 Å². The number of carbonyl (C=O) groups is 1. The first-order valence-electron chi connectivity index (χ1n) is 9.18. The molecular weight excluding hydrogens is 401 g/mol. The summed E-state index contributed by atoms with van der Waals surface area (Å²) in [6, 6.07) is 9.26. The van der Waals surface area contributed by atoms with E-state index in [1.54, 1.807) is 29.2 Å². The number of halogens is 2. The van der Waals surface area contributed by atoms with Crippen LogP contribution in [0.5, 0.6) is 5.75 Å². The fourth-order valence-electron chi connectivity index (χ4n) is 3.38. The van der Waals surface area contributed by atoms with Crippen molar-refractivity contribution in [2.24, 2.45) is 0 Å². The van der Waals surface area contributed by atoms with Crippen molar-refractivity contribution >= 4 is 28.9 Å². The molecule has 0 aliphatic carbocycles. The number of nitro benzene ring substituents is 1. The van der Waals surface area contributed by atoms with Crippen LogP contribution >= 0.6 is 11.6 Å². The molecule has 0 saturated carbocycles. The van der Waals surface area contributed by atoms with Gasteiger partial charge in [-0.3, -0.25) is 14.9 Å². The number of nitrogens with zero attached hydrogens (tertiary/aromatic N) is 3. The number of methoxy groups -OCH3 is 1. The van der Waals surface area contributed by atoms with Crippen molar-refractivity contribution in [3.63, 3.8) is 0 Å². The van der Waals surface area contributed by atoms with E-state index in [9.17, 15) is 19.3 Å².